The Balaban J connectivity index is 1.85. The molecular formula is C13H15N3O3. The van der Waals surface area contributed by atoms with E-state index in [4.69, 9.17) is 4.74 Å². The number of ether oxygens (including phenoxy) is 2. The van der Waals surface area contributed by atoms with Gasteiger partial charge in [-0.25, -0.2) is 14.3 Å². The fourth-order valence-electron chi connectivity index (χ4n) is 2.27. The van der Waals surface area contributed by atoms with Crippen LogP contribution < -0.4 is 0 Å². The number of esters is 1. The van der Waals surface area contributed by atoms with E-state index in [-0.39, 0.29) is 12.1 Å². The smallest absolute Gasteiger partial charge is 0.338 e. The maximum Gasteiger partial charge on any atom is 0.338 e. The summed E-state index contributed by atoms with van der Waals surface area (Å²) < 4.78 is 11.9. The van der Waals surface area contributed by atoms with Crippen molar-refractivity contribution in [3.63, 3.8) is 0 Å². The van der Waals surface area contributed by atoms with Crippen molar-refractivity contribution in [2.45, 2.75) is 25.4 Å². The molecule has 1 aliphatic rings. The average Bonchev–Trinajstić information content (AvgIpc) is 3.05. The van der Waals surface area contributed by atoms with Gasteiger partial charge in [0.15, 0.2) is 11.5 Å². The van der Waals surface area contributed by atoms with Crippen LogP contribution >= 0.6 is 0 Å². The highest BCUT2D eigenvalue weighted by Crippen LogP contribution is 2.16. The lowest BCUT2D eigenvalue weighted by Gasteiger charge is -2.04. The molecule has 1 atom stereocenters. The summed E-state index contributed by atoms with van der Waals surface area (Å²) in [5.41, 5.74) is 1.13. The summed E-state index contributed by atoms with van der Waals surface area (Å²) in [6, 6.07) is 3.35. The zero-order valence-electron chi connectivity index (χ0n) is 10.7. The Morgan fingerprint density at radius 1 is 1.63 bits per heavy atom. The maximum atomic E-state index is 11.4. The Morgan fingerprint density at radius 2 is 2.53 bits per heavy atom. The third kappa shape index (κ3) is 2.44. The van der Waals surface area contributed by atoms with E-state index in [0.29, 0.717) is 11.2 Å². The normalized spacial score (nSPS) is 18.9. The lowest BCUT2D eigenvalue weighted by Crippen LogP contribution is -2.10. The third-order valence-corrected chi connectivity index (χ3v) is 3.24. The van der Waals surface area contributed by atoms with Crippen LogP contribution in [0.2, 0.25) is 0 Å². The van der Waals surface area contributed by atoms with E-state index in [1.54, 1.807) is 22.8 Å². The van der Waals surface area contributed by atoms with E-state index in [0.717, 1.165) is 31.7 Å². The van der Waals surface area contributed by atoms with Crippen LogP contribution in [0.3, 0.4) is 0 Å². The van der Waals surface area contributed by atoms with Gasteiger partial charge in [-0.05, 0) is 25.0 Å². The van der Waals surface area contributed by atoms with E-state index in [9.17, 15) is 4.79 Å². The second-order valence-electron chi connectivity index (χ2n) is 4.58. The fraction of sp³-hybridized carbons (Fsp3) is 0.462. The van der Waals surface area contributed by atoms with Gasteiger partial charge in [-0.1, -0.05) is 0 Å². The fourth-order valence-corrected chi connectivity index (χ4v) is 2.27. The molecule has 0 N–H and O–H groups in total. The quantitative estimate of drug-likeness (QED) is 0.778. The van der Waals surface area contributed by atoms with Gasteiger partial charge in [-0.3, -0.25) is 0 Å². The Morgan fingerprint density at radius 3 is 3.26 bits per heavy atom. The number of carbonyl (C=O) groups excluding carboxylic acids is 1. The highest BCUT2D eigenvalue weighted by molar-refractivity contribution is 5.90. The molecule has 1 fully saturated rings. The van der Waals surface area contributed by atoms with E-state index >= 15 is 0 Å². The summed E-state index contributed by atoms with van der Waals surface area (Å²) in [7, 11) is 1.36. The molecule has 0 aromatic carbocycles. The van der Waals surface area contributed by atoms with Crippen molar-refractivity contribution in [1.29, 1.82) is 0 Å². The minimum Gasteiger partial charge on any atom is -0.465 e. The molecular weight excluding hydrogens is 246 g/mol. The van der Waals surface area contributed by atoms with Crippen LogP contribution in [0.4, 0.5) is 0 Å². The standard InChI is InChI=1S/C13H15N3O3/c1-18-13(17)9-4-5-16-12(7-9)14-11(15-16)8-10-3-2-6-19-10/h4-5,7,10H,2-3,6,8H2,1H3. The number of aromatic nitrogens is 3. The molecule has 6 heteroatoms. The van der Waals surface area contributed by atoms with E-state index in [1.165, 1.54) is 7.11 Å². The number of rotatable bonds is 3. The number of carbonyl (C=O) groups is 1. The first-order chi connectivity index (χ1) is 9.26. The van der Waals surface area contributed by atoms with Crippen LogP contribution in [0.15, 0.2) is 18.3 Å². The third-order valence-electron chi connectivity index (χ3n) is 3.24. The molecule has 3 heterocycles. The second-order valence-corrected chi connectivity index (χ2v) is 4.58. The molecule has 19 heavy (non-hydrogen) atoms. The molecule has 1 saturated heterocycles. The summed E-state index contributed by atoms with van der Waals surface area (Å²) >= 11 is 0. The Kier molecular flexibility index (Phi) is 3.16. The largest absolute Gasteiger partial charge is 0.465 e. The topological polar surface area (TPSA) is 65.7 Å². The first-order valence-electron chi connectivity index (χ1n) is 6.31. The van der Waals surface area contributed by atoms with E-state index in [2.05, 4.69) is 14.8 Å². The van der Waals surface area contributed by atoms with Crippen LogP contribution in [0, 0.1) is 0 Å². The zero-order valence-corrected chi connectivity index (χ0v) is 10.7. The Hall–Kier alpha value is -1.95. The number of hydrogen-bond donors (Lipinski definition) is 0. The maximum absolute atomic E-state index is 11.4. The number of hydrogen-bond acceptors (Lipinski definition) is 5. The summed E-state index contributed by atoms with van der Waals surface area (Å²) in [6.45, 7) is 0.824. The molecule has 0 aliphatic carbocycles. The van der Waals surface area contributed by atoms with Crippen LogP contribution in [0.1, 0.15) is 29.0 Å². The van der Waals surface area contributed by atoms with Crippen LogP contribution in [-0.2, 0) is 15.9 Å². The summed E-state index contributed by atoms with van der Waals surface area (Å²) in [5.74, 6) is 0.375. The van der Waals surface area contributed by atoms with Gasteiger partial charge in [0.2, 0.25) is 0 Å². The molecule has 0 bridgehead atoms. The van der Waals surface area contributed by atoms with E-state index < -0.39 is 0 Å². The minimum absolute atomic E-state index is 0.220. The molecule has 0 radical (unpaired) electrons. The van der Waals surface area contributed by atoms with Gasteiger partial charge in [-0.15, -0.1) is 0 Å². The Labute approximate surface area is 110 Å². The molecule has 0 spiro atoms. The highest BCUT2D eigenvalue weighted by Gasteiger charge is 2.18. The van der Waals surface area contributed by atoms with Crippen LogP contribution in [0.25, 0.3) is 5.65 Å². The number of nitrogens with zero attached hydrogens (tertiary/aromatic N) is 3. The minimum atomic E-state index is -0.369. The van der Waals surface area contributed by atoms with Gasteiger partial charge >= 0.3 is 5.97 Å². The monoisotopic (exact) mass is 261 g/mol. The van der Waals surface area contributed by atoms with Crippen LogP contribution in [0.5, 0.6) is 0 Å². The molecule has 0 amide bonds. The molecule has 0 saturated carbocycles. The van der Waals surface area contributed by atoms with Crippen molar-refractivity contribution < 1.29 is 14.3 Å². The predicted octanol–water partition coefficient (Wildman–Crippen LogP) is 1.24. The van der Waals surface area contributed by atoms with Gasteiger partial charge < -0.3 is 9.47 Å². The second kappa shape index (κ2) is 4.97. The number of methoxy groups -OCH3 is 1. The summed E-state index contributed by atoms with van der Waals surface area (Å²) in [4.78, 5) is 15.9. The van der Waals surface area contributed by atoms with Crippen molar-refractivity contribution in [1.82, 2.24) is 14.6 Å². The molecule has 100 valence electrons. The first-order valence-corrected chi connectivity index (χ1v) is 6.31. The van der Waals surface area contributed by atoms with Crippen molar-refractivity contribution >= 4 is 11.6 Å². The summed E-state index contributed by atoms with van der Waals surface area (Å²) in [5, 5.41) is 4.38. The lowest BCUT2D eigenvalue weighted by molar-refractivity contribution is 0.0600. The first kappa shape index (κ1) is 12.1. The molecule has 3 rings (SSSR count). The zero-order chi connectivity index (χ0) is 13.2. The SMILES string of the molecule is COC(=O)c1ccn2nc(CC3CCCO3)nc2c1. The van der Waals surface area contributed by atoms with Gasteiger partial charge in [-0.2, -0.15) is 5.10 Å². The molecule has 6 nitrogen and oxygen atoms in total. The van der Waals surface area contributed by atoms with Gasteiger partial charge in [0.05, 0.1) is 18.8 Å². The van der Waals surface area contributed by atoms with Crippen molar-refractivity contribution in [2.24, 2.45) is 0 Å². The van der Waals surface area contributed by atoms with Crippen LogP contribution in [-0.4, -0.2) is 40.4 Å². The molecule has 1 aliphatic heterocycles. The van der Waals surface area contributed by atoms with Crippen molar-refractivity contribution in [2.75, 3.05) is 13.7 Å². The molecule has 2 aromatic rings. The van der Waals surface area contributed by atoms with E-state index in [1.807, 2.05) is 0 Å². The molecule has 1 unspecified atom stereocenters. The van der Waals surface area contributed by atoms with Gasteiger partial charge in [0.25, 0.3) is 0 Å². The summed E-state index contributed by atoms with van der Waals surface area (Å²) in [6.07, 6.45) is 4.81. The Bertz CT molecular complexity index is 602. The van der Waals surface area contributed by atoms with Gasteiger partial charge in [0, 0.05) is 19.2 Å². The van der Waals surface area contributed by atoms with Crippen molar-refractivity contribution in [3.05, 3.63) is 29.7 Å². The average molecular weight is 261 g/mol. The lowest BCUT2D eigenvalue weighted by atomic mass is 10.2. The molecule has 2 aromatic heterocycles. The highest BCUT2D eigenvalue weighted by atomic mass is 16.5. The van der Waals surface area contributed by atoms with Crippen molar-refractivity contribution in [3.8, 4) is 0 Å². The number of fused-ring (bicyclic) bond motifs is 1. The predicted molar refractivity (Wildman–Crippen MR) is 67.0 cm³/mol. The van der Waals surface area contributed by atoms with Gasteiger partial charge in [0.1, 0.15) is 0 Å². The number of pyridine rings is 1.